The third-order valence-electron chi connectivity index (χ3n) is 13.9. The van der Waals surface area contributed by atoms with Crippen LogP contribution in [0, 0.1) is 35.0 Å². The molecule has 2 aliphatic carbocycles. The number of benzene rings is 1. The second-order valence-corrected chi connectivity index (χ2v) is 20.4. The fourth-order valence-corrected chi connectivity index (χ4v) is 11.6. The van der Waals surface area contributed by atoms with Gasteiger partial charge in [0, 0.05) is 68.4 Å². The number of ether oxygens (including phenoxy) is 3. The molecule has 0 radical (unpaired) electrons. The van der Waals surface area contributed by atoms with Gasteiger partial charge in [-0.3, -0.25) is 14.6 Å². The van der Waals surface area contributed by atoms with Gasteiger partial charge in [0.05, 0.1) is 36.8 Å². The van der Waals surface area contributed by atoms with Gasteiger partial charge in [0.2, 0.25) is 10.0 Å². The Morgan fingerprint density at radius 3 is 2.54 bits per heavy atom. The minimum atomic E-state index is -3.97. The van der Waals surface area contributed by atoms with Crippen molar-refractivity contribution in [2.24, 2.45) is 35.0 Å². The van der Waals surface area contributed by atoms with Gasteiger partial charge in [0.15, 0.2) is 0 Å². The molecule has 7 rings (SSSR count). The molecular weight excluding hydrogens is 748 g/mol. The number of carbonyl (C=O) groups excluding carboxylic acids is 1. The fraction of sp³-hybridized carbons (Fsp3) is 0.705. The van der Waals surface area contributed by atoms with E-state index in [9.17, 15) is 13.2 Å². The van der Waals surface area contributed by atoms with Gasteiger partial charge in [0.25, 0.3) is 5.91 Å². The van der Waals surface area contributed by atoms with E-state index < -0.39 is 26.8 Å². The van der Waals surface area contributed by atoms with Crippen molar-refractivity contribution in [2.45, 2.75) is 90.0 Å². The number of amides is 1. The Hall–Kier alpha value is -2.41. The van der Waals surface area contributed by atoms with Crippen molar-refractivity contribution in [3.63, 3.8) is 0 Å². The number of nitrogens with zero attached hydrogens (tertiary/aromatic N) is 3. The number of hydrogen-bond acceptors (Lipinski definition) is 9. The second kappa shape index (κ2) is 17.4. The molecule has 4 heterocycles. The van der Waals surface area contributed by atoms with Crippen LogP contribution in [-0.4, -0.2) is 113 Å². The molecule has 10 nitrogen and oxygen atoms in total. The summed E-state index contributed by atoms with van der Waals surface area (Å²) in [6, 6.07) is 5.93. The lowest BCUT2D eigenvalue weighted by Crippen LogP contribution is -2.61. The number of halogens is 1. The number of sulfonamides is 1. The Labute approximate surface area is 341 Å². The first-order chi connectivity index (χ1) is 26.8. The summed E-state index contributed by atoms with van der Waals surface area (Å²) in [5.74, 6) is 0.973. The third kappa shape index (κ3) is 8.79. The molecule has 2 saturated heterocycles. The number of fused-ring (bicyclic) bond motifs is 2. The fourth-order valence-electron chi connectivity index (χ4n) is 10.1. The molecule has 310 valence electrons. The molecule has 56 heavy (non-hydrogen) atoms. The van der Waals surface area contributed by atoms with Crippen molar-refractivity contribution in [3.05, 3.63) is 59.2 Å². The van der Waals surface area contributed by atoms with Crippen LogP contribution in [0.2, 0.25) is 0 Å². The molecule has 1 amide bonds. The molecule has 4 aliphatic heterocycles. The van der Waals surface area contributed by atoms with Gasteiger partial charge in [0.1, 0.15) is 11.4 Å². The molecule has 0 aromatic heterocycles. The van der Waals surface area contributed by atoms with E-state index in [1.54, 1.807) is 13.0 Å². The molecule has 1 N–H and O–H groups in total. The number of anilines is 1. The summed E-state index contributed by atoms with van der Waals surface area (Å²) in [4.78, 5) is 21.3. The predicted octanol–water partition coefficient (Wildman–Crippen LogP) is 6.87. The highest BCUT2D eigenvalue weighted by Gasteiger charge is 2.50. The number of carbonyl (C=O) groups is 1. The van der Waals surface area contributed by atoms with Crippen molar-refractivity contribution >= 4 is 33.2 Å². The Balaban J connectivity index is 1.27. The zero-order valence-corrected chi connectivity index (χ0v) is 35.8. The van der Waals surface area contributed by atoms with Crippen LogP contribution in [0.15, 0.2) is 53.6 Å². The van der Waals surface area contributed by atoms with Crippen LogP contribution in [0.4, 0.5) is 5.69 Å². The van der Waals surface area contributed by atoms with Crippen LogP contribution < -0.4 is 14.4 Å². The summed E-state index contributed by atoms with van der Waals surface area (Å²) in [6.07, 6.45) is 16.7. The predicted molar refractivity (Wildman–Crippen MR) is 224 cm³/mol. The van der Waals surface area contributed by atoms with Crippen molar-refractivity contribution < 1.29 is 27.4 Å². The quantitative estimate of drug-likeness (QED) is 0.268. The van der Waals surface area contributed by atoms with Crippen LogP contribution in [0.5, 0.6) is 5.75 Å². The van der Waals surface area contributed by atoms with Crippen molar-refractivity contribution in [1.82, 2.24) is 14.5 Å². The SMILES string of the molecule is CCCO[C@]1(CN2CCN(C3COC3)CC2)/C=C/C[C@H](C)[C@@H](C)S(=O)(=O)NC(=O)c2ccc3c(c2)N(C[C@@H]2CC[C@H]21)C[C@](C)(C1C=CC(Cl)=CC1CCC)CO3. The minimum Gasteiger partial charge on any atom is -0.491 e. The third-order valence-corrected chi connectivity index (χ3v) is 16.1. The maximum Gasteiger partial charge on any atom is 0.264 e. The largest absolute Gasteiger partial charge is 0.491 e. The first kappa shape index (κ1) is 41.7. The second-order valence-electron chi connectivity index (χ2n) is 17.9. The van der Waals surface area contributed by atoms with Gasteiger partial charge in [-0.1, -0.05) is 70.0 Å². The molecule has 8 atom stereocenters. The van der Waals surface area contributed by atoms with E-state index in [0.717, 1.165) is 101 Å². The molecule has 1 saturated carbocycles. The number of hydrogen-bond donors (Lipinski definition) is 1. The Morgan fingerprint density at radius 1 is 1.07 bits per heavy atom. The van der Waals surface area contributed by atoms with Crippen LogP contribution in [-0.2, 0) is 19.5 Å². The molecule has 12 heteroatoms. The Morgan fingerprint density at radius 2 is 1.86 bits per heavy atom. The molecule has 2 bridgehead atoms. The van der Waals surface area contributed by atoms with E-state index in [0.29, 0.717) is 43.7 Å². The lowest BCUT2D eigenvalue weighted by molar-refractivity contribution is -0.122. The van der Waals surface area contributed by atoms with E-state index in [4.69, 9.17) is 25.8 Å². The summed E-state index contributed by atoms with van der Waals surface area (Å²) in [5, 5.41) is 0.00576. The van der Waals surface area contributed by atoms with E-state index in [-0.39, 0.29) is 29.1 Å². The lowest BCUT2D eigenvalue weighted by atomic mass is 9.63. The highest BCUT2D eigenvalue weighted by atomic mass is 35.5. The minimum absolute atomic E-state index is 0.202. The zero-order chi connectivity index (χ0) is 39.7. The highest BCUT2D eigenvalue weighted by Crippen LogP contribution is 2.50. The van der Waals surface area contributed by atoms with Crippen LogP contribution in [0.1, 0.15) is 83.5 Å². The maximum atomic E-state index is 13.7. The summed E-state index contributed by atoms with van der Waals surface area (Å²) in [5.41, 5.74) is 0.349. The highest BCUT2D eigenvalue weighted by molar-refractivity contribution is 7.90. The van der Waals surface area contributed by atoms with E-state index in [2.05, 4.69) is 64.5 Å². The molecule has 2 unspecified atom stereocenters. The first-order valence-corrected chi connectivity index (χ1v) is 23.3. The first-order valence-electron chi connectivity index (χ1n) is 21.3. The topological polar surface area (TPSA) is 101 Å². The maximum absolute atomic E-state index is 13.7. The average molecular weight is 814 g/mol. The Kier molecular flexibility index (Phi) is 13.0. The van der Waals surface area contributed by atoms with Crippen LogP contribution >= 0.6 is 11.6 Å². The van der Waals surface area contributed by atoms with Gasteiger partial charge >= 0.3 is 0 Å². The van der Waals surface area contributed by atoms with Gasteiger partial charge in [-0.2, -0.15) is 0 Å². The number of rotatable bonds is 9. The summed E-state index contributed by atoms with van der Waals surface area (Å²) >= 11 is 6.59. The van der Waals surface area contributed by atoms with Gasteiger partial charge in [-0.25, -0.2) is 13.1 Å². The average Bonchev–Trinajstić information content (AvgIpc) is 3.27. The summed E-state index contributed by atoms with van der Waals surface area (Å²) in [6.45, 7) is 19.5. The lowest BCUT2D eigenvalue weighted by Gasteiger charge is -2.53. The molecular formula is C44H65ClN4O6S. The van der Waals surface area contributed by atoms with Gasteiger partial charge in [-0.15, -0.1) is 0 Å². The normalized spacial score (nSPS) is 36.2. The van der Waals surface area contributed by atoms with Gasteiger partial charge in [-0.05, 0) is 92.9 Å². The van der Waals surface area contributed by atoms with E-state index in [1.165, 1.54) is 0 Å². The Bertz CT molecular complexity index is 1760. The zero-order valence-electron chi connectivity index (χ0n) is 34.3. The molecule has 0 spiro atoms. The molecule has 1 aromatic rings. The van der Waals surface area contributed by atoms with Crippen molar-refractivity contribution in [2.75, 3.05) is 77.1 Å². The number of allylic oxidation sites excluding steroid dienone is 5. The standard InChI is InChI=1S/C44H65ClN4O6S/c1-6-9-33-23-36(45)13-15-38(33)43(5)28-49-25-35-11-14-39(35)44(55-22-7-2,29-47-18-20-48(21-19-47)37-26-53-27-37)17-8-10-31(3)32(4)56(51,52)46-42(50)34-12-16-41(54-30-43)40(49)24-34/h8,12-13,15-17,23-24,31-33,35,37-39H,6-7,9-11,14,18-22,25-30H2,1-5H3,(H,46,50)/b17-8+/t31-,32+,33?,35-,38?,39+,43-,44-/m0/s1. The van der Waals surface area contributed by atoms with Crippen molar-refractivity contribution in [3.8, 4) is 5.75 Å². The number of nitrogens with one attached hydrogen (secondary N) is 1. The molecule has 3 fully saturated rings. The van der Waals surface area contributed by atoms with Crippen molar-refractivity contribution in [1.29, 1.82) is 0 Å². The van der Waals surface area contributed by atoms with Crippen LogP contribution in [0.3, 0.4) is 0 Å². The summed E-state index contributed by atoms with van der Waals surface area (Å²) < 4.78 is 49.2. The molecule has 1 aromatic carbocycles. The molecule has 6 aliphatic rings. The van der Waals surface area contributed by atoms with E-state index in [1.807, 2.05) is 25.1 Å². The van der Waals surface area contributed by atoms with Gasteiger partial charge < -0.3 is 19.1 Å². The summed E-state index contributed by atoms with van der Waals surface area (Å²) in [7, 11) is -3.97. The smallest absolute Gasteiger partial charge is 0.264 e. The van der Waals surface area contributed by atoms with E-state index >= 15 is 0 Å². The van der Waals surface area contributed by atoms with Crippen LogP contribution in [0.25, 0.3) is 0 Å². The number of piperazine rings is 1. The monoisotopic (exact) mass is 812 g/mol.